The number of amides is 1. The second-order valence-corrected chi connectivity index (χ2v) is 7.76. The van der Waals surface area contributed by atoms with Crippen LogP contribution in [0.15, 0.2) is 54.6 Å². The lowest BCUT2D eigenvalue weighted by molar-refractivity contribution is -0.114. The number of aromatic nitrogens is 2. The molecule has 150 valence electrons. The van der Waals surface area contributed by atoms with Crippen molar-refractivity contribution in [3.05, 3.63) is 54.6 Å². The van der Waals surface area contributed by atoms with Crippen LogP contribution in [0.2, 0.25) is 0 Å². The summed E-state index contributed by atoms with van der Waals surface area (Å²) >= 11 is 1.47. The fourth-order valence-corrected chi connectivity index (χ4v) is 3.94. The Morgan fingerprint density at radius 1 is 1.10 bits per heavy atom. The summed E-state index contributed by atoms with van der Waals surface area (Å²) in [6.45, 7) is 3.49. The molecule has 0 spiro atoms. The maximum atomic E-state index is 12.4. The summed E-state index contributed by atoms with van der Waals surface area (Å²) in [5.41, 5.74) is 2.95. The first-order chi connectivity index (χ1) is 14.2. The molecule has 7 nitrogen and oxygen atoms in total. The molecule has 29 heavy (non-hydrogen) atoms. The average molecular weight is 410 g/mol. The number of hydrogen-bond acceptors (Lipinski definition) is 7. The van der Waals surface area contributed by atoms with Gasteiger partial charge in [-0.05, 0) is 24.3 Å². The zero-order valence-corrected chi connectivity index (χ0v) is 17.1. The lowest BCUT2D eigenvalue weighted by Crippen LogP contribution is -2.36. The van der Waals surface area contributed by atoms with Gasteiger partial charge in [-0.3, -0.25) is 4.79 Å². The van der Waals surface area contributed by atoms with Crippen LogP contribution in [-0.2, 0) is 9.53 Å². The fourth-order valence-electron chi connectivity index (χ4n) is 3.13. The molecule has 0 saturated carbocycles. The minimum absolute atomic E-state index is 0.0944. The Bertz CT molecular complexity index is 939. The van der Waals surface area contributed by atoms with Crippen molar-refractivity contribution in [3.8, 4) is 10.6 Å². The smallest absolute Gasteiger partial charge is 0.243 e. The lowest BCUT2D eigenvalue weighted by Gasteiger charge is -2.28. The quantitative estimate of drug-likeness (QED) is 0.675. The monoisotopic (exact) mass is 409 g/mol. The molecule has 1 N–H and O–H groups in total. The van der Waals surface area contributed by atoms with E-state index in [1.807, 2.05) is 66.5 Å². The zero-order valence-electron chi connectivity index (χ0n) is 16.2. The number of benzene rings is 2. The van der Waals surface area contributed by atoms with Gasteiger partial charge in [0.15, 0.2) is 0 Å². The largest absolute Gasteiger partial charge is 0.378 e. The molecule has 0 bridgehead atoms. The van der Waals surface area contributed by atoms with E-state index >= 15 is 0 Å². The number of nitrogens with one attached hydrogen (secondary N) is 1. The molecule has 1 aliphatic rings. The predicted molar refractivity (Wildman–Crippen MR) is 117 cm³/mol. The summed E-state index contributed by atoms with van der Waals surface area (Å²) in [5.74, 6) is -0.0944. The number of morpholine rings is 1. The number of anilines is 3. The summed E-state index contributed by atoms with van der Waals surface area (Å²) in [4.78, 5) is 16.5. The summed E-state index contributed by atoms with van der Waals surface area (Å²) in [6.07, 6.45) is 0. The van der Waals surface area contributed by atoms with Crippen LogP contribution in [0.4, 0.5) is 16.5 Å². The molecule has 8 heteroatoms. The van der Waals surface area contributed by atoms with E-state index in [-0.39, 0.29) is 12.5 Å². The fraction of sp³-hybridized carbons (Fsp3) is 0.286. The van der Waals surface area contributed by atoms with E-state index in [2.05, 4.69) is 20.4 Å². The van der Waals surface area contributed by atoms with E-state index in [4.69, 9.17) is 4.74 Å². The van der Waals surface area contributed by atoms with Crippen LogP contribution >= 0.6 is 11.3 Å². The molecule has 1 fully saturated rings. The highest BCUT2D eigenvalue weighted by molar-refractivity contribution is 7.18. The Morgan fingerprint density at radius 2 is 1.83 bits per heavy atom. The number of ether oxygens (including phenoxy) is 1. The Balaban J connectivity index is 1.33. The van der Waals surface area contributed by atoms with E-state index < -0.39 is 0 Å². The van der Waals surface area contributed by atoms with Gasteiger partial charge in [0.2, 0.25) is 11.0 Å². The summed E-state index contributed by atoms with van der Waals surface area (Å²) in [5, 5.41) is 12.9. The summed E-state index contributed by atoms with van der Waals surface area (Å²) < 4.78 is 5.39. The van der Waals surface area contributed by atoms with Gasteiger partial charge in [-0.2, -0.15) is 0 Å². The minimum Gasteiger partial charge on any atom is -0.378 e. The Morgan fingerprint density at radius 3 is 2.55 bits per heavy atom. The summed E-state index contributed by atoms with van der Waals surface area (Å²) in [7, 11) is 1.84. The average Bonchev–Trinajstić information content (AvgIpc) is 3.26. The van der Waals surface area contributed by atoms with Crippen molar-refractivity contribution in [1.82, 2.24) is 10.2 Å². The maximum Gasteiger partial charge on any atom is 0.243 e. The third-order valence-corrected chi connectivity index (χ3v) is 5.76. The number of carbonyl (C=O) groups is 1. The first kappa shape index (κ1) is 19.4. The zero-order chi connectivity index (χ0) is 20.1. The predicted octanol–water partition coefficient (Wildman–Crippen LogP) is 3.12. The van der Waals surface area contributed by atoms with Crippen LogP contribution in [0.5, 0.6) is 0 Å². The van der Waals surface area contributed by atoms with Crippen molar-refractivity contribution >= 4 is 33.8 Å². The molecule has 0 aliphatic carbocycles. The maximum absolute atomic E-state index is 12.4. The molecule has 3 aromatic rings. The summed E-state index contributed by atoms with van der Waals surface area (Å²) in [6, 6.07) is 17.8. The van der Waals surface area contributed by atoms with Gasteiger partial charge in [-0.15, -0.1) is 10.2 Å². The van der Waals surface area contributed by atoms with Crippen molar-refractivity contribution in [2.24, 2.45) is 0 Å². The van der Waals surface area contributed by atoms with Gasteiger partial charge in [0.1, 0.15) is 5.01 Å². The van der Waals surface area contributed by atoms with Crippen LogP contribution in [0, 0.1) is 0 Å². The number of likely N-dealkylation sites (N-methyl/N-ethyl adjacent to an activating group) is 1. The van der Waals surface area contributed by atoms with Crippen molar-refractivity contribution in [3.63, 3.8) is 0 Å². The molecular weight excluding hydrogens is 386 g/mol. The molecule has 0 unspecified atom stereocenters. The standard InChI is InChI=1S/C21H23N5O2S/c1-25(21-24-23-20(29-21)16-5-3-2-4-6-16)15-19(27)22-17-7-9-18(10-8-17)26-11-13-28-14-12-26/h2-10H,11-15H2,1H3,(H,22,27). The molecule has 4 rings (SSSR count). The normalized spacial score (nSPS) is 13.9. The van der Waals surface area contributed by atoms with Gasteiger partial charge in [-0.1, -0.05) is 41.7 Å². The number of nitrogens with zero attached hydrogens (tertiary/aromatic N) is 4. The highest BCUT2D eigenvalue weighted by Gasteiger charge is 2.14. The Kier molecular flexibility index (Phi) is 6.02. The van der Waals surface area contributed by atoms with Crippen LogP contribution in [0.1, 0.15) is 0 Å². The molecule has 1 aliphatic heterocycles. The van der Waals surface area contributed by atoms with Crippen LogP contribution in [-0.4, -0.2) is 56.0 Å². The van der Waals surface area contributed by atoms with Crippen molar-refractivity contribution in [2.45, 2.75) is 0 Å². The highest BCUT2D eigenvalue weighted by Crippen LogP contribution is 2.27. The molecule has 0 radical (unpaired) electrons. The third-order valence-electron chi connectivity index (χ3n) is 4.67. The topological polar surface area (TPSA) is 70.6 Å². The van der Waals surface area contributed by atoms with Crippen molar-refractivity contribution < 1.29 is 9.53 Å². The van der Waals surface area contributed by atoms with Crippen molar-refractivity contribution in [2.75, 3.05) is 55.0 Å². The molecule has 2 heterocycles. The SMILES string of the molecule is CN(CC(=O)Nc1ccc(N2CCOCC2)cc1)c1nnc(-c2ccccc2)s1. The van der Waals surface area contributed by atoms with Gasteiger partial charge in [-0.25, -0.2) is 0 Å². The first-order valence-corrected chi connectivity index (χ1v) is 10.3. The van der Waals surface area contributed by atoms with Crippen LogP contribution < -0.4 is 15.1 Å². The van der Waals surface area contributed by atoms with Gasteiger partial charge in [0, 0.05) is 37.1 Å². The number of hydrogen-bond donors (Lipinski definition) is 1. The third kappa shape index (κ3) is 4.90. The molecule has 1 amide bonds. The molecule has 1 aromatic heterocycles. The highest BCUT2D eigenvalue weighted by atomic mass is 32.1. The number of carbonyl (C=O) groups excluding carboxylic acids is 1. The van der Waals surface area contributed by atoms with Crippen LogP contribution in [0.3, 0.4) is 0 Å². The second-order valence-electron chi connectivity index (χ2n) is 6.81. The van der Waals surface area contributed by atoms with Crippen molar-refractivity contribution in [1.29, 1.82) is 0 Å². The van der Waals surface area contributed by atoms with Crippen LogP contribution in [0.25, 0.3) is 10.6 Å². The van der Waals surface area contributed by atoms with Gasteiger partial charge in [0.05, 0.1) is 19.8 Å². The Labute approximate surface area is 173 Å². The van der Waals surface area contributed by atoms with E-state index in [1.165, 1.54) is 11.3 Å². The van der Waals surface area contributed by atoms with Gasteiger partial charge >= 0.3 is 0 Å². The van der Waals surface area contributed by atoms with E-state index in [9.17, 15) is 4.79 Å². The number of rotatable bonds is 6. The molecular formula is C21H23N5O2S. The Hall–Kier alpha value is -2.97. The molecule has 1 saturated heterocycles. The lowest BCUT2D eigenvalue weighted by atomic mass is 10.2. The van der Waals surface area contributed by atoms with E-state index in [0.717, 1.165) is 48.2 Å². The minimum atomic E-state index is -0.0944. The molecule has 2 aromatic carbocycles. The van der Waals surface area contributed by atoms with Gasteiger partial charge in [0.25, 0.3) is 0 Å². The first-order valence-electron chi connectivity index (χ1n) is 9.52. The van der Waals surface area contributed by atoms with E-state index in [1.54, 1.807) is 0 Å². The second kappa shape index (κ2) is 9.02. The van der Waals surface area contributed by atoms with E-state index in [0.29, 0.717) is 5.13 Å². The van der Waals surface area contributed by atoms with Gasteiger partial charge < -0.3 is 19.9 Å². The molecule has 0 atom stereocenters.